The molecule has 31 heavy (non-hydrogen) atoms. The highest BCUT2D eigenvalue weighted by atomic mass is 16.5. The first kappa shape index (κ1) is 20.3. The third-order valence-electron chi connectivity index (χ3n) is 5.18. The van der Waals surface area contributed by atoms with E-state index >= 15 is 0 Å². The molecule has 0 spiro atoms. The van der Waals surface area contributed by atoms with Crippen molar-refractivity contribution in [2.45, 2.75) is 13.0 Å². The summed E-state index contributed by atoms with van der Waals surface area (Å²) in [6.07, 6.45) is 4.05. The Morgan fingerprint density at radius 1 is 1.13 bits per heavy atom. The van der Waals surface area contributed by atoms with Gasteiger partial charge in [-0.2, -0.15) is 0 Å². The molecule has 2 aromatic rings. The van der Waals surface area contributed by atoms with Crippen LogP contribution in [0.3, 0.4) is 0 Å². The van der Waals surface area contributed by atoms with Gasteiger partial charge >= 0.3 is 0 Å². The first-order valence-electron chi connectivity index (χ1n) is 9.70. The molecule has 3 N–H and O–H groups in total. The van der Waals surface area contributed by atoms with Crippen LogP contribution in [-0.2, 0) is 16.1 Å². The van der Waals surface area contributed by atoms with Crippen molar-refractivity contribution < 1.29 is 28.9 Å². The van der Waals surface area contributed by atoms with E-state index in [-0.39, 0.29) is 11.5 Å². The Morgan fingerprint density at radius 3 is 2.68 bits per heavy atom. The van der Waals surface area contributed by atoms with Gasteiger partial charge in [0.05, 0.1) is 32.7 Å². The summed E-state index contributed by atoms with van der Waals surface area (Å²) in [5.41, 5.74) is 3.99. The third-order valence-corrected chi connectivity index (χ3v) is 5.18. The fraction of sp³-hybridized carbons (Fsp3) is 0.217. The number of phenols is 1. The number of aromatic hydroxyl groups is 1. The van der Waals surface area contributed by atoms with Gasteiger partial charge in [0.2, 0.25) is 5.75 Å². The van der Waals surface area contributed by atoms with E-state index < -0.39 is 11.8 Å². The average Bonchev–Trinajstić information content (AvgIpc) is 3.30. The number of benzene rings is 2. The molecule has 0 bridgehead atoms. The van der Waals surface area contributed by atoms with Crippen molar-refractivity contribution in [3.05, 3.63) is 65.0 Å². The lowest BCUT2D eigenvalue weighted by Crippen LogP contribution is -2.37. The summed E-state index contributed by atoms with van der Waals surface area (Å²) in [6.45, 7) is 0.931. The van der Waals surface area contributed by atoms with E-state index in [1.54, 1.807) is 30.7 Å². The number of amides is 2. The van der Waals surface area contributed by atoms with Crippen LogP contribution in [0, 0.1) is 0 Å². The van der Waals surface area contributed by atoms with Gasteiger partial charge in [0.15, 0.2) is 11.5 Å². The molecule has 0 radical (unpaired) electrons. The second-order valence-corrected chi connectivity index (χ2v) is 7.10. The normalized spacial score (nSPS) is 16.3. The van der Waals surface area contributed by atoms with Crippen molar-refractivity contribution >= 4 is 23.0 Å². The number of rotatable bonds is 6. The maximum atomic E-state index is 12.5. The Labute approximate surface area is 179 Å². The van der Waals surface area contributed by atoms with Gasteiger partial charge in [-0.15, -0.1) is 0 Å². The van der Waals surface area contributed by atoms with E-state index in [4.69, 9.17) is 14.2 Å². The maximum Gasteiger partial charge on any atom is 0.260 e. The van der Waals surface area contributed by atoms with E-state index in [0.717, 1.165) is 23.1 Å². The highest BCUT2D eigenvalue weighted by Gasteiger charge is 2.28. The number of imide groups is 1. The number of hydrogen-bond acceptors (Lipinski definition) is 7. The van der Waals surface area contributed by atoms with Crippen molar-refractivity contribution in [2.75, 3.05) is 20.8 Å². The van der Waals surface area contributed by atoms with Crippen LogP contribution >= 0.6 is 0 Å². The van der Waals surface area contributed by atoms with Gasteiger partial charge in [0, 0.05) is 30.3 Å². The monoisotopic (exact) mass is 422 g/mol. The maximum absolute atomic E-state index is 12.5. The zero-order valence-electron chi connectivity index (χ0n) is 17.2. The molecule has 2 aliphatic rings. The lowest BCUT2D eigenvalue weighted by Gasteiger charge is -2.19. The highest BCUT2D eigenvalue weighted by molar-refractivity contribution is 6.31. The van der Waals surface area contributed by atoms with Crippen LogP contribution in [0.1, 0.15) is 33.5 Å². The quantitative estimate of drug-likeness (QED) is 0.485. The molecular weight excluding hydrogens is 400 g/mol. The summed E-state index contributed by atoms with van der Waals surface area (Å²) in [7, 11) is 2.93. The van der Waals surface area contributed by atoms with Gasteiger partial charge in [0.1, 0.15) is 0 Å². The van der Waals surface area contributed by atoms with Crippen molar-refractivity contribution in [2.24, 2.45) is 0 Å². The molecule has 8 heteroatoms. The number of carbonyl (C=O) groups is 2. The van der Waals surface area contributed by atoms with Crippen LogP contribution in [-0.4, -0.2) is 37.7 Å². The van der Waals surface area contributed by atoms with E-state index in [2.05, 4.69) is 10.6 Å². The van der Waals surface area contributed by atoms with E-state index in [0.29, 0.717) is 35.6 Å². The number of carbonyl (C=O) groups excluding carboxylic acids is 2. The molecule has 2 aromatic carbocycles. The number of hydrogen-bond donors (Lipinski definition) is 3. The fourth-order valence-electron chi connectivity index (χ4n) is 3.64. The van der Waals surface area contributed by atoms with Gasteiger partial charge < -0.3 is 24.6 Å². The summed E-state index contributed by atoms with van der Waals surface area (Å²) in [5.74, 6) is -0.301. The molecule has 160 valence electrons. The van der Waals surface area contributed by atoms with Crippen molar-refractivity contribution in [3.8, 4) is 17.2 Å². The molecule has 0 fully saturated rings. The van der Waals surface area contributed by atoms with E-state index in [1.165, 1.54) is 14.2 Å². The Bertz CT molecular complexity index is 1120. The number of fused-ring (bicyclic) bond motifs is 1. The summed E-state index contributed by atoms with van der Waals surface area (Å²) in [6, 6.07) is 8.68. The standard InChI is InChI=1S/C23H22N2O6/c1-29-20-8-13(7-19(26)21(20)30-2)10-24-11-18-17-9-14(15-5-6-31-12-15)3-4-16(17)22(27)25-23(18)28/h3-4,7-9,11-12,24,26H,5-6,10H2,1-2H3,(H,25,27,28)/b18-11-. The summed E-state index contributed by atoms with van der Waals surface area (Å²) in [4.78, 5) is 24.8. The molecule has 4 rings (SSSR count). The predicted molar refractivity (Wildman–Crippen MR) is 113 cm³/mol. The first-order chi connectivity index (χ1) is 15.0. The molecule has 0 aliphatic carbocycles. The Hall–Kier alpha value is -3.94. The lowest BCUT2D eigenvalue weighted by atomic mass is 9.91. The summed E-state index contributed by atoms with van der Waals surface area (Å²) in [5, 5.41) is 15.6. The third kappa shape index (κ3) is 3.92. The minimum Gasteiger partial charge on any atom is -0.504 e. The highest BCUT2D eigenvalue weighted by Crippen LogP contribution is 2.37. The summed E-state index contributed by atoms with van der Waals surface area (Å²) >= 11 is 0. The lowest BCUT2D eigenvalue weighted by molar-refractivity contribution is -0.114. The van der Waals surface area contributed by atoms with Crippen molar-refractivity contribution in [1.29, 1.82) is 0 Å². The SMILES string of the molecule is COc1cc(CN/C=C2\C(=O)NC(=O)c3ccc(C4=COCC4)cc32)cc(O)c1OC. The second-order valence-electron chi connectivity index (χ2n) is 7.10. The number of nitrogens with one attached hydrogen (secondary N) is 2. The average molecular weight is 422 g/mol. The minimum absolute atomic E-state index is 0.0469. The van der Waals surface area contributed by atoms with Crippen LogP contribution in [0.25, 0.3) is 11.1 Å². The van der Waals surface area contributed by atoms with Gasteiger partial charge in [-0.3, -0.25) is 14.9 Å². The van der Waals surface area contributed by atoms with Crippen LogP contribution in [0.2, 0.25) is 0 Å². The predicted octanol–water partition coefficient (Wildman–Crippen LogP) is 2.57. The zero-order chi connectivity index (χ0) is 22.0. The largest absolute Gasteiger partial charge is 0.504 e. The van der Waals surface area contributed by atoms with E-state index in [9.17, 15) is 14.7 Å². The van der Waals surface area contributed by atoms with Gasteiger partial charge in [-0.05, 0) is 41.0 Å². The molecule has 0 unspecified atom stereocenters. The number of methoxy groups -OCH3 is 2. The topological polar surface area (TPSA) is 106 Å². The van der Waals surface area contributed by atoms with Crippen LogP contribution in [0.15, 0.2) is 42.8 Å². The molecule has 0 saturated heterocycles. The first-order valence-corrected chi connectivity index (χ1v) is 9.70. The van der Waals surface area contributed by atoms with E-state index in [1.807, 2.05) is 12.1 Å². The molecule has 2 aliphatic heterocycles. The molecule has 0 saturated carbocycles. The molecule has 8 nitrogen and oxygen atoms in total. The summed E-state index contributed by atoms with van der Waals surface area (Å²) < 4.78 is 15.7. The fourth-order valence-corrected chi connectivity index (χ4v) is 3.64. The molecule has 0 aromatic heterocycles. The van der Waals surface area contributed by atoms with Crippen LogP contribution in [0.5, 0.6) is 17.2 Å². The Balaban J connectivity index is 1.62. The van der Waals surface area contributed by atoms with Gasteiger partial charge in [0.25, 0.3) is 11.8 Å². The van der Waals surface area contributed by atoms with Crippen molar-refractivity contribution in [1.82, 2.24) is 10.6 Å². The number of ether oxygens (including phenoxy) is 3. The molecule has 0 atom stereocenters. The molecule has 2 amide bonds. The van der Waals surface area contributed by atoms with Gasteiger partial charge in [-0.1, -0.05) is 6.07 Å². The second kappa shape index (κ2) is 8.43. The van der Waals surface area contributed by atoms with Gasteiger partial charge in [-0.25, -0.2) is 0 Å². The Kier molecular flexibility index (Phi) is 5.53. The minimum atomic E-state index is -0.478. The van der Waals surface area contributed by atoms with Crippen LogP contribution < -0.4 is 20.1 Å². The van der Waals surface area contributed by atoms with Crippen LogP contribution in [0.4, 0.5) is 0 Å². The molecular formula is C23H22N2O6. The van der Waals surface area contributed by atoms with Crippen molar-refractivity contribution in [3.63, 3.8) is 0 Å². The zero-order valence-corrected chi connectivity index (χ0v) is 17.2. The number of phenolic OH excluding ortho intramolecular Hbond substituents is 1. The molecule has 2 heterocycles. The smallest absolute Gasteiger partial charge is 0.260 e. The Morgan fingerprint density at radius 2 is 1.97 bits per heavy atom.